The molecule has 0 aliphatic heterocycles. The Morgan fingerprint density at radius 3 is 2.83 bits per heavy atom. The number of esters is 1. The smallest absolute Gasteiger partial charge is 0.334 e. The first-order chi connectivity index (χ1) is 14.3. The van der Waals surface area contributed by atoms with Crippen molar-refractivity contribution < 1.29 is 28.9 Å². The number of hydrogen-bond donors (Lipinski definition) is 2. The van der Waals surface area contributed by atoms with Crippen molar-refractivity contribution in [2.24, 2.45) is 0 Å². The lowest BCUT2D eigenvalue weighted by Gasteiger charge is -2.19. The molecule has 2 N–H and O–H groups in total. The van der Waals surface area contributed by atoms with Gasteiger partial charge in [-0.05, 0) is 30.7 Å². The number of carbonyl (C=O) groups excluding carboxylic acids is 2. The van der Waals surface area contributed by atoms with E-state index in [0.717, 1.165) is 7.11 Å². The number of anilines is 1. The van der Waals surface area contributed by atoms with E-state index in [9.17, 15) is 24.2 Å². The number of aromatic hydroxyl groups is 1. The summed E-state index contributed by atoms with van der Waals surface area (Å²) in [4.78, 5) is 30.0. The number of ketones is 1. The summed E-state index contributed by atoms with van der Waals surface area (Å²) in [6.07, 6.45) is 1.45. The average molecular weight is 416 g/mol. The van der Waals surface area contributed by atoms with Crippen LogP contribution in [0, 0.1) is 5.82 Å². The number of Topliss-reactive ketones (excluding diaryl/α,β-unsaturated/α-hetero) is 1. The number of aromatic nitrogens is 3. The maximum Gasteiger partial charge on any atom is 0.334 e. The Balaban J connectivity index is 1.79. The van der Waals surface area contributed by atoms with Crippen molar-refractivity contribution in [2.75, 3.05) is 19.1 Å². The van der Waals surface area contributed by atoms with E-state index in [0.29, 0.717) is 17.0 Å². The quantitative estimate of drug-likeness (QED) is 0.421. The number of phenolic OH excluding ortho intramolecular Hbond substituents is 1. The Morgan fingerprint density at radius 1 is 1.33 bits per heavy atom. The van der Waals surface area contributed by atoms with E-state index < -0.39 is 17.9 Å². The third-order valence-electron chi connectivity index (χ3n) is 4.61. The van der Waals surface area contributed by atoms with Crippen LogP contribution < -0.4 is 4.90 Å². The Labute approximate surface area is 171 Å². The highest BCUT2D eigenvalue weighted by Crippen LogP contribution is 2.22. The van der Waals surface area contributed by atoms with Gasteiger partial charge in [0.25, 0.3) is 0 Å². The molecule has 158 valence electrons. The second-order valence-corrected chi connectivity index (χ2v) is 6.74. The topological polar surface area (TPSA) is 117 Å². The van der Waals surface area contributed by atoms with Crippen molar-refractivity contribution in [1.82, 2.24) is 14.6 Å². The molecular formula is C20H21FN4O5. The van der Waals surface area contributed by atoms with Crippen LogP contribution in [0.4, 0.5) is 10.2 Å². The molecule has 0 spiro atoms. The van der Waals surface area contributed by atoms with Gasteiger partial charge in [0.1, 0.15) is 17.4 Å². The van der Waals surface area contributed by atoms with E-state index in [1.807, 2.05) is 0 Å². The number of ether oxygens (including phenoxy) is 1. The molecule has 30 heavy (non-hydrogen) atoms. The predicted molar refractivity (Wildman–Crippen MR) is 105 cm³/mol. The Bertz CT molecular complexity index is 1080. The molecule has 2 heterocycles. The molecule has 1 unspecified atom stereocenters. The van der Waals surface area contributed by atoms with Crippen LogP contribution >= 0.6 is 0 Å². The van der Waals surface area contributed by atoms with Gasteiger partial charge in [-0.3, -0.25) is 4.79 Å². The number of carbonyl (C=O) groups is 2. The van der Waals surface area contributed by atoms with Gasteiger partial charge in [0.2, 0.25) is 0 Å². The normalized spacial score (nSPS) is 12.0. The van der Waals surface area contributed by atoms with Crippen LogP contribution in [0.5, 0.6) is 5.75 Å². The summed E-state index contributed by atoms with van der Waals surface area (Å²) in [7, 11) is 2.87. The molecule has 3 rings (SSSR count). The summed E-state index contributed by atoms with van der Waals surface area (Å²) >= 11 is 0. The highest BCUT2D eigenvalue weighted by molar-refractivity contribution is 6.01. The second-order valence-electron chi connectivity index (χ2n) is 6.74. The predicted octanol–water partition coefficient (Wildman–Crippen LogP) is 1.71. The van der Waals surface area contributed by atoms with Crippen LogP contribution in [0.15, 0.2) is 36.7 Å². The highest BCUT2D eigenvalue weighted by Gasteiger charge is 2.20. The van der Waals surface area contributed by atoms with Crippen molar-refractivity contribution in [3.8, 4) is 5.75 Å². The minimum atomic E-state index is -1.38. The van der Waals surface area contributed by atoms with Crippen LogP contribution in [0.2, 0.25) is 0 Å². The largest absolute Gasteiger partial charge is 0.508 e. The molecule has 10 heteroatoms. The van der Waals surface area contributed by atoms with Gasteiger partial charge in [0.15, 0.2) is 17.5 Å². The zero-order valence-corrected chi connectivity index (χ0v) is 16.4. The molecule has 0 amide bonds. The molecule has 0 saturated heterocycles. The molecule has 3 aromatic rings. The Kier molecular flexibility index (Phi) is 6.26. The van der Waals surface area contributed by atoms with Crippen molar-refractivity contribution in [2.45, 2.75) is 25.5 Å². The van der Waals surface area contributed by atoms with Crippen molar-refractivity contribution in [3.05, 3.63) is 53.6 Å². The summed E-state index contributed by atoms with van der Waals surface area (Å²) in [6.45, 7) is 0.190. The van der Waals surface area contributed by atoms with Crippen LogP contribution in [-0.4, -0.2) is 56.8 Å². The van der Waals surface area contributed by atoms with Crippen LogP contribution in [0.25, 0.3) is 5.65 Å². The lowest BCUT2D eigenvalue weighted by atomic mass is 10.1. The molecule has 0 saturated carbocycles. The number of hydrogen-bond acceptors (Lipinski definition) is 8. The maximum absolute atomic E-state index is 13.5. The number of benzene rings is 1. The van der Waals surface area contributed by atoms with Gasteiger partial charge in [-0.2, -0.15) is 5.10 Å². The number of rotatable bonds is 8. The minimum absolute atomic E-state index is 0.0336. The fourth-order valence-electron chi connectivity index (χ4n) is 2.94. The van der Waals surface area contributed by atoms with Crippen molar-refractivity contribution >= 4 is 23.2 Å². The number of nitrogens with zero attached hydrogens (tertiary/aromatic N) is 4. The lowest BCUT2D eigenvalue weighted by molar-refractivity contribution is -0.150. The first kappa shape index (κ1) is 21.2. The molecule has 0 fully saturated rings. The van der Waals surface area contributed by atoms with E-state index in [1.165, 1.54) is 28.9 Å². The molecule has 0 bridgehead atoms. The number of phenols is 1. The van der Waals surface area contributed by atoms with Gasteiger partial charge < -0.3 is 19.8 Å². The van der Waals surface area contributed by atoms with E-state index in [1.54, 1.807) is 24.2 Å². The molecule has 9 nitrogen and oxygen atoms in total. The summed E-state index contributed by atoms with van der Waals surface area (Å²) in [5, 5.41) is 23.7. The molecule has 0 aliphatic carbocycles. The van der Waals surface area contributed by atoms with E-state index in [-0.39, 0.29) is 36.5 Å². The third-order valence-corrected chi connectivity index (χ3v) is 4.61. The van der Waals surface area contributed by atoms with E-state index >= 15 is 0 Å². The Hall–Kier alpha value is -3.53. The average Bonchev–Trinajstić information content (AvgIpc) is 3.17. The second kappa shape index (κ2) is 8.87. The SMILES string of the molecule is COC(=O)C(O)CCC(=O)c1cnn2ccc(N(C)Cc3cc(F)ccc3O)nc12. The van der Waals surface area contributed by atoms with Gasteiger partial charge in [-0.25, -0.2) is 18.7 Å². The Morgan fingerprint density at radius 2 is 2.10 bits per heavy atom. The summed E-state index contributed by atoms with van der Waals surface area (Å²) in [5.74, 6) is -1.14. The molecular weight excluding hydrogens is 395 g/mol. The van der Waals surface area contributed by atoms with Gasteiger partial charge >= 0.3 is 5.97 Å². The van der Waals surface area contributed by atoms with Crippen molar-refractivity contribution in [1.29, 1.82) is 0 Å². The monoisotopic (exact) mass is 416 g/mol. The van der Waals surface area contributed by atoms with E-state index in [4.69, 9.17) is 0 Å². The third kappa shape index (κ3) is 4.54. The van der Waals surface area contributed by atoms with E-state index in [2.05, 4.69) is 14.8 Å². The minimum Gasteiger partial charge on any atom is -0.508 e. The van der Waals surface area contributed by atoms with Gasteiger partial charge in [0, 0.05) is 31.8 Å². The number of methoxy groups -OCH3 is 1. The van der Waals surface area contributed by atoms with Crippen LogP contribution in [0.1, 0.15) is 28.8 Å². The fourth-order valence-corrected chi connectivity index (χ4v) is 2.94. The molecule has 2 aromatic heterocycles. The molecule has 0 aliphatic rings. The standard InChI is InChI=1S/C20H21FN4O5/c1-24(11-12-9-13(21)3-4-15(12)26)18-7-8-25-19(23-18)14(10-22-25)16(27)5-6-17(28)20(29)30-2/h3-4,7-10,17,26,28H,5-6,11H2,1-2H3. The number of aliphatic hydroxyl groups is 1. The summed E-state index contributed by atoms with van der Waals surface area (Å²) < 4.78 is 19.3. The van der Waals surface area contributed by atoms with Gasteiger partial charge in [-0.15, -0.1) is 0 Å². The lowest BCUT2D eigenvalue weighted by Crippen LogP contribution is -2.22. The first-order valence-corrected chi connectivity index (χ1v) is 9.12. The molecule has 0 radical (unpaired) electrons. The summed E-state index contributed by atoms with van der Waals surface area (Å²) in [5.41, 5.74) is 0.942. The number of fused-ring (bicyclic) bond motifs is 1. The highest BCUT2D eigenvalue weighted by atomic mass is 19.1. The number of halogens is 1. The first-order valence-electron chi connectivity index (χ1n) is 9.12. The van der Waals surface area contributed by atoms with Crippen LogP contribution in [-0.2, 0) is 16.1 Å². The maximum atomic E-state index is 13.5. The zero-order valence-electron chi connectivity index (χ0n) is 16.4. The van der Waals surface area contributed by atoms with Gasteiger partial charge in [-0.1, -0.05) is 0 Å². The van der Waals surface area contributed by atoms with Crippen LogP contribution in [0.3, 0.4) is 0 Å². The molecule has 1 aromatic carbocycles. The van der Waals surface area contributed by atoms with Gasteiger partial charge in [0.05, 0.1) is 18.9 Å². The number of aliphatic hydroxyl groups excluding tert-OH is 1. The zero-order chi connectivity index (χ0) is 21.8. The van der Waals surface area contributed by atoms with Crippen molar-refractivity contribution in [3.63, 3.8) is 0 Å². The summed E-state index contributed by atoms with van der Waals surface area (Å²) in [6, 6.07) is 5.37. The molecule has 1 atom stereocenters. The fraction of sp³-hybridized carbons (Fsp3) is 0.300.